The number of hydrogen-bond donors (Lipinski definition) is 0. The Morgan fingerprint density at radius 1 is 0.500 bits per heavy atom. The summed E-state index contributed by atoms with van der Waals surface area (Å²) in [7, 11) is 0. The Bertz CT molecular complexity index is 2740. The van der Waals surface area contributed by atoms with Crippen molar-refractivity contribution in [3.8, 4) is 45.3 Å². The molecular weight excluding hydrogens is 590 g/mol. The first-order valence-electron chi connectivity index (χ1n) is 16.3. The highest BCUT2D eigenvalue weighted by atomic mass is 16.3. The fourth-order valence-electron chi connectivity index (χ4n) is 7.13. The molecule has 3 aromatic heterocycles. The normalized spacial score (nSPS) is 12.8. The van der Waals surface area contributed by atoms with Gasteiger partial charge in [0, 0.05) is 32.7 Å². The van der Waals surface area contributed by atoms with Crippen LogP contribution in [0, 0.1) is 0 Å². The van der Waals surface area contributed by atoms with Gasteiger partial charge in [-0.3, -0.25) is 0 Å². The lowest BCUT2D eigenvalue weighted by Gasteiger charge is -2.15. The van der Waals surface area contributed by atoms with Crippen LogP contribution in [0.3, 0.4) is 0 Å². The van der Waals surface area contributed by atoms with Crippen molar-refractivity contribution >= 4 is 50.0 Å². The average molecular weight is 618 g/mol. The molecule has 0 saturated carbocycles. The Morgan fingerprint density at radius 3 is 2.15 bits per heavy atom. The zero-order valence-electron chi connectivity index (χ0n) is 25.9. The van der Waals surface area contributed by atoms with Gasteiger partial charge >= 0.3 is 0 Å². The molecular formula is C43H27N3O2. The minimum absolute atomic E-state index is 0.553. The molecule has 6 aromatic carbocycles. The van der Waals surface area contributed by atoms with E-state index in [4.69, 9.17) is 23.8 Å². The van der Waals surface area contributed by atoms with Gasteiger partial charge in [-0.25, -0.2) is 15.0 Å². The summed E-state index contributed by atoms with van der Waals surface area (Å²) in [5.41, 5.74) is 10.5. The minimum atomic E-state index is 0.553. The molecule has 0 radical (unpaired) electrons. The summed E-state index contributed by atoms with van der Waals surface area (Å²) >= 11 is 0. The third-order valence-corrected chi connectivity index (χ3v) is 9.41. The number of aryl methyl sites for hydroxylation is 1. The molecule has 0 N–H and O–H groups in total. The molecule has 48 heavy (non-hydrogen) atoms. The molecule has 3 heterocycles. The van der Waals surface area contributed by atoms with E-state index in [0.717, 1.165) is 84.5 Å². The van der Waals surface area contributed by atoms with Crippen LogP contribution >= 0.6 is 0 Å². The van der Waals surface area contributed by atoms with Crippen molar-refractivity contribution in [1.29, 1.82) is 0 Å². The molecule has 5 heteroatoms. The van der Waals surface area contributed by atoms with Gasteiger partial charge in [0.2, 0.25) is 0 Å². The summed E-state index contributed by atoms with van der Waals surface area (Å²) in [6.45, 7) is 0. The maximum atomic E-state index is 6.49. The number of para-hydroxylation sites is 3. The zero-order chi connectivity index (χ0) is 31.6. The van der Waals surface area contributed by atoms with Gasteiger partial charge in [-0.05, 0) is 71.5 Å². The Hall–Kier alpha value is -6.33. The van der Waals surface area contributed by atoms with E-state index in [9.17, 15) is 0 Å². The molecule has 9 aromatic rings. The average Bonchev–Trinajstić information content (AvgIpc) is 3.73. The second-order valence-electron chi connectivity index (χ2n) is 12.3. The third-order valence-electron chi connectivity index (χ3n) is 9.41. The molecule has 0 saturated heterocycles. The highest BCUT2D eigenvalue weighted by molar-refractivity contribution is 6.15. The van der Waals surface area contributed by atoms with Crippen LogP contribution in [-0.2, 0) is 6.42 Å². The number of benzene rings is 6. The molecule has 0 spiro atoms. The van der Waals surface area contributed by atoms with E-state index in [1.165, 1.54) is 11.1 Å². The number of nitrogens with zero attached hydrogens (tertiary/aromatic N) is 3. The lowest BCUT2D eigenvalue weighted by atomic mass is 9.94. The third kappa shape index (κ3) is 4.21. The van der Waals surface area contributed by atoms with Crippen LogP contribution in [0.25, 0.3) is 95.2 Å². The van der Waals surface area contributed by atoms with Crippen molar-refractivity contribution in [2.45, 2.75) is 12.8 Å². The van der Waals surface area contributed by atoms with E-state index in [0.29, 0.717) is 17.5 Å². The predicted octanol–water partition coefficient (Wildman–Crippen LogP) is 11.3. The fourth-order valence-corrected chi connectivity index (χ4v) is 7.13. The lowest BCUT2D eigenvalue weighted by molar-refractivity contribution is 0.668. The van der Waals surface area contributed by atoms with Gasteiger partial charge < -0.3 is 8.83 Å². The van der Waals surface area contributed by atoms with Crippen LogP contribution < -0.4 is 0 Å². The Kier molecular flexibility index (Phi) is 5.93. The van der Waals surface area contributed by atoms with Crippen molar-refractivity contribution < 1.29 is 8.83 Å². The van der Waals surface area contributed by atoms with E-state index in [2.05, 4.69) is 84.9 Å². The molecule has 0 aliphatic heterocycles. The predicted molar refractivity (Wildman–Crippen MR) is 193 cm³/mol. The number of rotatable bonds is 4. The summed E-state index contributed by atoms with van der Waals surface area (Å²) in [6.07, 6.45) is 6.52. The first-order valence-corrected chi connectivity index (χ1v) is 16.3. The van der Waals surface area contributed by atoms with Gasteiger partial charge in [0.1, 0.15) is 22.3 Å². The van der Waals surface area contributed by atoms with Crippen molar-refractivity contribution in [3.63, 3.8) is 0 Å². The van der Waals surface area contributed by atoms with Crippen LogP contribution in [0.15, 0.2) is 142 Å². The van der Waals surface area contributed by atoms with Crippen molar-refractivity contribution in [2.24, 2.45) is 0 Å². The Balaban J connectivity index is 1.31. The van der Waals surface area contributed by atoms with Crippen LogP contribution in [0.4, 0.5) is 0 Å². The molecule has 1 aliphatic carbocycles. The maximum Gasteiger partial charge on any atom is 0.167 e. The summed E-state index contributed by atoms with van der Waals surface area (Å²) in [6, 6.07) is 43.6. The largest absolute Gasteiger partial charge is 0.456 e. The summed E-state index contributed by atoms with van der Waals surface area (Å²) in [5, 5.41) is 4.08. The monoisotopic (exact) mass is 617 g/mol. The topological polar surface area (TPSA) is 65.0 Å². The standard InChI is InChI=1S/C43H27N3O2/c1-2-12-27(13-3-1)30-23-24-37-38(33-16-7-9-20-36(33)47-37)39(30)43-45-41(29-22-21-26-11-4-5-14-28(26)25-29)44-42(46-43)34-18-10-17-32-31-15-6-8-19-35(31)48-40(32)34/h1-3,5-10,12-25H,4,11H2. The molecule has 0 unspecified atom stereocenters. The zero-order valence-corrected chi connectivity index (χ0v) is 25.9. The number of hydrogen-bond acceptors (Lipinski definition) is 5. The van der Waals surface area contributed by atoms with E-state index in [1.54, 1.807) is 0 Å². The lowest BCUT2D eigenvalue weighted by Crippen LogP contribution is -2.02. The molecule has 1 aliphatic rings. The summed E-state index contributed by atoms with van der Waals surface area (Å²) in [4.78, 5) is 15.7. The number of furan rings is 2. The second kappa shape index (κ2) is 10.6. The van der Waals surface area contributed by atoms with Gasteiger partial charge in [-0.1, -0.05) is 103 Å². The first kappa shape index (κ1) is 26.8. The van der Waals surface area contributed by atoms with E-state index in [1.807, 2.05) is 54.6 Å². The molecule has 0 amide bonds. The molecule has 226 valence electrons. The van der Waals surface area contributed by atoms with E-state index < -0.39 is 0 Å². The number of aromatic nitrogens is 3. The summed E-state index contributed by atoms with van der Waals surface area (Å²) < 4.78 is 12.9. The van der Waals surface area contributed by atoms with Gasteiger partial charge in [0.15, 0.2) is 17.5 Å². The first-order chi connectivity index (χ1) is 23.8. The smallest absolute Gasteiger partial charge is 0.167 e. The fraction of sp³-hybridized carbons (Fsp3) is 0.0465. The Morgan fingerprint density at radius 2 is 1.25 bits per heavy atom. The van der Waals surface area contributed by atoms with Crippen LogP contribution in [-0.4, -0.2) is 15.0 Å². The van der Waals surface area contributed by atoms with E-state index in [-0.39, 0.29) is 0 Å². The SMILES string of the molecule is C1=Cc2cc(-c3nc(-c4cccc5c4oc4ccccc45)nc(-c4c(-c5ccccc5)ccc5oc6ccccc6c45)n3)ccc2CC1. The van der Waals surface area contributed by atoms with Gasteiger partial charge in [0.05, 0.1) is 5.56 Å². The van der Waals surface area contributed by atoms with Crippen molar-refractivity contribution in [1.82, 2.24) is 15.0 Å². The van der Waals surface area contributed by atoms with Gasteiger partial charge in [-0.2, -0.15) is 0 Å². The Labute approximate surface area is 275 Å². The number of allylic oxidation sites excluding steroid dienone is 1. The minimum Gasteiger partial charge on any atom is -0.456 e. The second-order valence-corrected chi connectivity index (χ2v) is 12.3. The number of fused-ring (bicyclic) bond motifs is 7. The van der Waals surface area contributed by atoms with Crippen LogP contribution in [0.5, 0.6) is 0 Å². The molecule has 10 rings (SSSR count). The molecule has 5 nitrogen and oxygen atoms in total. The van der Waals surface area contributed by atoms with E-state index >= 15 is 0 Å². The van der Waals surface area contributed by atoms with Gasteiger partial charge in [0.25, 0.3) is 0 Å². The van der Waals surface area contributed by atoms with Crippen molar-refractivity contribution in [3.05, 3.63) is 145 Å². The summed E-state index contributed by atoms with van der Waals surface area (Å²) in [5.74, 6) is 1.73. The van der Waals surface area contributed by atoms with Gasteiger partial charge in [-0.15, -0.1) is 0 Å². The maximum absolute atomic E-state index is 6.49. The highest BCUT2D eigenvalue weighted by Gasteiger charge is 2.23. The molecule has 0 bridgehead atoms. The quantitative estimate of drug-likeness (QED) is 0.197. The molecule has 0 atom stereocenters. The highest BCUT2D eigenvalue weighted by Crippen LogP contribution is 2.43. The van der Waals surface area contributed by atoms with Crippen LogP contribution in [0.2, 0.25) is 0 Å². The molecule has 0 fully saturated rings. The van der Waals surface area contributed by atoms with Crippen LogP contribution in [0.1, 0.15) is 17.5 Å². The van der Waals surface area contributed by atoms with Crippen molar-refractivity contribution in [2.75, 3.05) is 0 Å².